The smallest absolute Gasteiger partial charge is 0.407 e. The van der Waals surface area contributed by atoms with E-state index < -0.39 is 18.1 Å². The number of fused-ring (bicyclic) bond motifs is 1. The number of nitrogens with one attached hydrogen (secondary N) is 2. The molecule has 1 aromatic carbocycles. The maximum atomic E-state index is 12.7. The molecule has 3 N–H and O–H groups in total. The van der Waals surface area contributed by atoms with Crippen LogP contribution in [0.15, 0.2) is 57.9 Å². The van der Waals surface area contributed by atoms with Crippen molar-refractivity contribution < 1.29 is 23.8 Å². The number of ether oxygens (including phenoxy) is 1. The number of benzene rings is 1. The van der Waals surface area contributed by atoms with Crippen LogP contribution in [0.4, 0.5) is 10.6 Å². The fraction of sp³-hybridized carbons (Fsp3) is 0.385. The highest BCUT2D eigenvalue weighted by Crippen LogP contribution is 2.17. The summed E-state index contributed by atoms with van der Waals surface area (Å²) >= 11 is 0. The summed E-state index contributed by atoms with van der Waals surface area (Å²) in [5.41, 5.74) is 0.570. The van der Waals surface area contributed by atoms with Crippen LogP contribution in [0, 0.1) is 5.41 Å². The van der Waals surface area contributed by atoms with Crippen molar-refractivity contribution in [3.05, 3.63) is 70.2 Å². The lowest BCUT2D eigenvalue weighted by atomic mass is 9.99. The Balaban J connectivity index is 1.62. The minimum absolute atomic E-state index is 0.00370. The number of alkyl carbamates (subject to hydrolysis) is 1. The SMILES string of the molecule is CC(C)(C)COC(=O)N[C@@H](Cc1ccc2oc(CCCNc3ccccn3)cc(=O)c2c1)C(=O)O. The van der Waals surface area contributed by atoms with Gasteiger partial charge in [-0.1, -0.05) is 32.9 Å². The third-order valence-corrected chi connectivity index (χ3v) is 5.08. The fourth-order valence-electron chi connectivity index (χ4n) is 3.35. The molecule has 0 fully saturated rings. The predicted molar refractivity (Wildman–Crippen MR) is 133 cm³/mol. The molecule has 0 saturated heterocycles. The van der Waals surface area contributed by atoms with E-state index in [1.54, 1.807) is 24.4 Å². The number of aromatic nitrogens is 1. The van der Waals surface area contributed by atoms with E-state index in [1.165, 1.54) is 6.07 Å². The number of rotatable bonds is 10. The molecule has 1 amide bonds. The zero-order valence-electron chi connectivity index (χ0n) is 20.2. The lowest BCUT2D eigenvalue weighted by Gasteiger charge is -2.20. The Morgan fingerprint density at radius 2 is 1.97 bits per heavy atom. The van der Waals surface area contributed by atoms with Crippen molar-refractivity contribution >= 4 is 28.8 Å². The summed E-state index contributed by atoms with van der Waals surface area (Å²) in [5.74, 6) is 0.167. The van der Waals surface area contributed by atoms with Crippen molar-refractivity contribution in [1.29, 1.82) is 0 Å². The molecule has 0 aliphatic rings. The van der Waals surface area contributed by atoms with E-state index in [0.29, 0.717) is 35.3 Å². The third-order valence-electron chi connectivity index (χ3n) is 5.08. The summed E-state index contributed by atoms with van der Waals surface area (Å²) in [7, 11) is 0. The maximum absolute atomic E-state index is 12.7. The summed E-state index contributed by atoms with van der Waals surface area (Å²) in [4.78, 5) is 40.6. The Kier molecular flexibility index (Phi) is 8.46. The molecule has 0 unspecified atom stereocenters. The van der Waals surface area contributed by atoms with Gasteiger partial charge in [0.15, 0.2) is 5.43 Å². The van der Waals surface area contributed by atoms with Gasteiger partial charge in [0.25, 0.3) is 0 Å². The van der Waals surface area contributed by atoms with Crippen molar-refractivity contribution in [2.45, 2.75) is 46.1 Å². The standard InChI is InChI=1S/C26H31N3O6/c1-26(2,3)16-34-25(33)29-20(24(31)32)14-17-9-10-22-19(13-17)21(30)15-18(35-22)7-6-12-28-23-8-4-5-11-27-23/h4-5,8-11,13,15,20H,6-7,12,14,16H2,1-3H3,(H,27,28)(H,29,33)(H,31,32)/t20-/m0/s1. The number of carboxylic acid groups (broad SMARTS) is 1. The Morgan fingerprint density at radius 3 is 2.66 bits per heavy atom. The van der Waals surface area contributed by atoms with Crippen LogP contribution in [-0.2, 0) is 22.4 Å². The topological polar surface area (TPSA) is 131 Å². The number of hydrogen-bond donors (Lipinski definition) is 3. The van der Waals surface area contributed by atoms with Crippen molar-refractivity contribution in [1.82, 2.24) is 10.3 Å². The van der Waals surface area contributed by atoms with Crippen LogP contribution in [0.1, 0.15) is 38.5 Å². The van der Waals surface area contributed by atoms with E-state index >= 15 is 0 Å². The second-order valence-corrected chi connectivity index (χ2v) is 9.53. The Hall–Kier alpha value is -3.88. The van der Waals surface area contributed by atoms with Gasteiger partial charge in [-0.2, -0.15) is 0 Å². The number of nitrogens with zero attached hydrogens (tertiary/aromatic N) is 1. The first-order chi connectivity index (χ1) is 16.6. The molecule has 9 nitrogen and oxygen atoms in total. The zero-order valence-corrected chi connectivity index (χ0v) is 20.2. The number of pyridine rings is 1. The van der Waals surface area contributed by atoms with Gasteiger partial charge < -0.3 is 24.9 Å². The second-order valence-electron chi connectivity index (χ2n) is 9.53. The first-order valence-electron chi connectivity index (χ1n) is 11.5. The number of aliphatic carboxylic acids is 1. The number of carbonyl (C=O) groups is 2. The van der Waals surface area contributed by atoms with E-state index in [9.17, 15) is 19.5 Å². The molecule has 35 heavy (non-hydrogen) atoms. The molecular weight excluding hydrogens is 450 g/mol. The largest absolute Gasteiger partial charge is 0.480 e. The normalized spacial score (nSPS) is 12.2. The molecule has 3 aromatic rings. The van der Waals surface area contributed by atoms with E-state index in [1.807, 2.05) is 39.0 Å². The highest BCUT2D eigenvalue weighted by molar-refractivity contribution is 5.81. The number of anilines is 1. The summed E-state index contributed by atoms with van der Waals surface area (Å²) in [6.45, 7) is 6.55. The van der Waals surface area contributed by atoms with Gasteiger partial charge in [0.1, 0.15) is 23.2 Å². The molecular formula is C26H31N3O6. The van der Waals surface area contributed by atoms with Gasteiger partial charge in [-0.25, -0.2) is 14.6 Å². The second kappa shape index (κ2) is 11.5. The summed E-state index contributed by atoms with van der Waals surface area (Å²) in [6, 6.07) is 10.8. The van der Waals surface area contributed by atoms with Gasteiger partial charge >= 0.3 is 12.1 Å². The molecule has 2 heterocycles. The molecule has 186 valence electrons. The average molecular weight is 482 g/mol. The van der Waals surface area contributed by atoms with E-state index in [2.05, 4.69) is 15.6 Å². The van der Waals surface area contributed by atoms with Crippen LogP contribution in [0.25, 0.3) is 11.0 Å². The maximum Gasteiger partial charge on any atom is 0.407 e. The molecule has 0 radical (unpaired) electrons. The highest BCUT2D eigenvalue weighted by Gasteiger charge is 2.23. The van der Waals surface area contributed by atoms with Crippen LogP contribution in [-0.4, -0.2) is 41.3 Å². The molecule has 0 spiro atoms. The van der Waals surface area contributed by atoms with Crippen molar-refractivity contribution in [3.8, 4) is 0 Å². The molecule has 0 aliphatic heterocycles. The van der Waals surface area contributed by atoms with Crippen LogP contribution in [0.5, 0.6) is 0 Å². The van der Waals surface area contributed by atoms with Crippen LogP contribution < -0.4 is 16.1 Å². The molecule has 9 heteroatoms. The first kappa shape index (κ1) is 25.7. The van der Waals surface area contributed by atoms with Crippen molar-refractivity contribution in [2.75, 3.05) is 18.5 Å². The van der Waals surface area contributed by atoms with Gasteiger partial charge in [-0.15, -0.1) is 0 Å². The molecule has 1 atom stereocenters. The number of carbonyl (C=O) groups excluding carboxylic acids is 1. The molecule has 0 aliphatic carbocycles. The molecule has 0 saturated carbocycles. The Labute approximate surface area is 203 Å². The van der Waals surface area contributed by atoms with Gasteiger partial charge in [0, 0.05) is 31.6 Å². The Morgan fingerprint density at radius 1 is 1.17 bits per heavy atom. The fourth-order valence-corrected chi connectivity index (χ4v) is 3.35. The van der Waals surface area contributed by atoms with Gasteiger partial charge in [-0.05, 0) is 41.7 Å². The van der Waals surface area contributed by atoms with E-state index in [-0.39, 0.29) is 23.9 Å². The number of carboxylic acids is 1. The highest BCUT2D eigenvalue weighted by atomic mass is 16.5. The van der Waals surface area contributed by atoms with Crippen molar-refractivity contribution in [2.24, 2.45) is 5.41 Å². The van der Waals surface area contributed by atoms with E-state index in [0.717, 1.165) is 12.2 Å². The molecule has 2 aromatic heterocycles. The minimum atomic E-state index is -1.20. The summed E-state index contributed by atoms with van der Waals surface area (Å²) in [5, 5.41) is 15.5. The summed E-state index contributed by atoms with van der Waals surface area (Å²) < 4.78 is 11.0. The van der Waals surface area contributed by atoms with Crippen molar-refractivity contribution in [3.63, 3.8) is 0 Å². The first-order valence-corrected chi connectivity index (χ1v) is 11.5. The zero-order chi connectivity index (χ0) is 25.4. The van der Waals surface area contributed by atoms with Crippen LogP contribution in [0.2, 0.25) is 0 Å². The summed E-state index contributed by atoms with van der Waals surface area (Å²) in [6.07, 6.45) is 2.24. The average Bonchev–Trinajstić information content (AvgIpc) is 2.80. The van der Waals surface area contributed by atoms with E-state index in [4.69, 9.17) is 9.15 Å². The monoisotopic (exact) mass is 481 g/mol. The quantitative estimate of drug-likeness (QED) is 0.370. The predicted octanol–water partition coefficient (Wildman–Crippen LogP) is 4.00. The lowest BCUT2D eigenvalue weighted by molar-refractivity contribution is -0.139. The molecule has 0 bridgehead atoms. The van der Waals surface area contributed by atoms with Crippen LogP contribution in [0.3, 0.4) is 0 Å². The lowest BCUT2D eigenvalue weighted by Crippen LogP contribution is -2.43. The van der Waals surface area contributed by atoms with Gasteiger partial charge in [-0.3, -0.25) is 4.79 Å². The molecule has 3 rings (SSSR count). The third kappa shape index (κ3) is 8.13. The van der Waals surface area contributed by atoms with Gasteiger partial charge in [0.2, 0.25) is 0 Å². The Bertz CT molecular complexity index is 1220. The number of aryl methyl sites for hydroxylation is 1. The number of amides is 1. The van der Waals surface area contributed by atoms with Crippen LogP contribution >= 0.6 is 0 Å². The van der Waals surface area contributed by atoms with Gasteiger partial charge in [0.05, 0.1) is 12.0 Å². The number of hydrogen-bond acceptors (Lipinski definition) is 7. The minimum Gasteiger partial charge on any atom is -0.480 e.